The fraction of sp³-hybridized carbons (Fsp3) is 0.136. The van der Waals surface area contributed by atoms with Gasteiger partial charge in [0.25, 0.3) is 0 Å². The van der Waals surface area contributed by atoms with E-state index in [0.29, 0.717) is 11.3 Å². The molecule has 0 saturated heterocycles. The lowest BCUT2D eigenvalue weighted by Gasteiger charge is -2.13. The van der Waals surface area contributed by atoms with Crippen LogP contribution in [0.3, 0.4) is 0 Å². The minimum absolute atomic E-state index is 0.172. The molecule has 4 aromatic rings. The molecule has 0 amide bonds. The van der Waals surface area contributed by atoms with E-state index in [1.54, 1.807) is 18.2 Å². The Kier molecular flexibility index (Phi) is 5.36. The standard InChI is InChI=1S/C22H19F2N3O3S/c1-14-4-3-9-27-12-20(25-22(14)27)15-5-8-21(30-2)19(11-15)26-31(28,29)13-16-10-17(23)6-7-18(16)24/h3-12,26H,13H2,1-2H3. The van der Waals surface area contributed by atoms with E-state index in [0.717, 1.165) is 29.4 Å². The Morgan fingerprint density at radius 2 is 1.94 bits per heavy atom. The molecule has 1 N–H and O–H groups in total. The number of hydrogen-bond donors (Lipinski definition) is 1. The molecule has 0 bridgehead atoms. The summed E-state index contributed by atoms with van der Waals surface area (Å²) in [6, 6.07) is 11.5. The van der Waals surface area contributed by atoms with Crippen molar-refractivity contribution in [3.05, 3.63) is 83.7 Å². The van der Waals surface area contributed by atoms with Gasteiger partial charge in [0.15, 0.2) is 0 Å². The molecule has 0 unspecified atom stereocenters. The van der Waals surface area contributed by atoms with E-state index in [1.807, 2.05) is 35.9 Å². The van der Waals surface area contributed by atoms with Crippen LogP contribution in [-0.2, 0) is 15.8 Å². The van der Waals surface area contributed by atoms with Crippen LogP contribution in [0.1, 0.15) is 11.1 Å². The van der Waals surface area contributed by atoms with Gasteiger partial charge in [0, 0.05) is 23.5 Å². The fourth-order valence-corrected chi connectivity index (χ4v) is 4.50. The molecule has 9 heteroatoms. The molecule has 0 spiro atoms. The van der Waals surface area contributed by atoms with Crippen LogP contribution in [-0.4, -0.2) is 24.9 Å². The van der Waals surface area contributed by atoms with Gasteiger partial charge in [-0.1, -0.05) is 6.07 Å². The van der Waals surface area contributed by atoms with Gasteiger partial charge in [0.2, 0.25) is 10.0 Å². The molecule has 0 aliphatic rings. The van der Waals surface area contributed by atoms with Gasteiger partial charge in [0.05, 0.1) is 24.2 Å². The average Bonchev–Trinajstić information content (AvgIpc) is 3.16. The third kappa shape index (κ3) is 4.36. The molecule has 0 saturated carbocycles. The number of ether oxygens (including phenoxy) is 1. The second-order valence-electron chi connectivity index (χ2n) is 7.06. The number of methoxy groups -OCH3 is 1. The second-order valence-corrected chi connectivity index (χ2v) is 8.78. The number of sulfonamides is 1. The van der Waals surface area contributed by atoms with Crippen molar-refractivity contribution in [1.82, 2.24) is 9.38 Å². The summed E-state index contributed by atoms with van der Waals surface area (Å²) in [4.78, 5) is 4.62. The normalized spacial score (nSPS) is 11.6. The topological polar surface area (TPSA) is 72.7 Å². The molecule has 0 radical (unpaired) electrons. The van der Waals surface area contributed by atoms with Crippen LogP contribution in [0.15, 0.2) is 60.9 Å². The lowest BCUT2D eigenvalue weighted by molar-refractivity contribution is 0.417. The van der Waals surface area contributed by atoms with Crippen molar-refractivity contribution in [1.29, 1.82) is 0 Å². The largest absolute Gasteiger partial charge is 0.495 e. The Morgan fingerprint density at radius 1 is 1.13 bits per heavy atom. The Bertz CT molecular complexity index is 1380. The van der Waals surface area contributed by atoms with E-state index in [4.69, 9.17) is 4.74 Å². The first-order chi connectivity index (χ1) is 14.8. The summed E-state index contributed by atoms with van der Waals surface area (Å²) in [5.74, 6) is -1.95. The number of imidazole rings is 1. The molecule has 4 rings (SSSR count). The van der Waals surface area contributed by atoms with Gasteiger partial charge in [0.1, 0.15) is 23.0 Å². The number of anilines is 1. The van der Waals surface area contributed by atoms with Crippen LogP contribution in [0.5, 0.6) is 5.75 Å². The van der Waals surface area contributed by atoms with Crippen molar-refractivity contribution in [2.75, 3.05) is 11.8 Å². The molecule has 6 nitrogen and oxygen atoms in total. The number of hydrogen-bond acceptors (Lipinski definition) is 4. The summed E-state index contributed by atoms with van der Waals surface area (Å²) in [6.45, 7) is 1.95. The first-order valence-corrected chi connectivity index (χ1v) is 11.0. The summed E-state index contributed by atoms with van der Waals surface area (Å²) in [5.41, 5.74) is 3.01. The predicted octanol–water partition coefficient (Wildman–Crippen LogP) is 4.54. The summed E-state index contributed by atoms with van der Waals surface area (Å²) < 4.78 is 62.2. The first kappa shape index (κ1) is 20.8. The number of aryl methyl sites for hydroxylation is 1. The smallest absolute Gasteiger partial charge is 0.237 e. The van der Waals surface area contributed by atoms with Gasteiger partial charge in [-0.25, -0.2) is 22.2 Å². The number of nitrogens with zero attached hydrogens (tertiary/aromatic N) is 2. The molecule has 2 aromatic carbocycles. The van der Waals surface area contributed by atoms with Crippen molar-refractivity contribution in [2.45, 2.75) is 12.7 Å². The zero-order chi connectivity index (χ0) is 22.2. The molecule has 0 aliphatic carbocycles. The van der Waals surface area contributed by atoms with E-state index in [2.05, 4.69) is 9.71 Å². The maximum Gasteiger partial charge on any atom is 0.237 e. The number of rotatable bonds is 6. The van der Waals surface area contributed by atoms with Crippen molar-refractivity contribution in [2.24, 2.45) is 0 Å². The quantitative estimate of drug-likeness (QED) is 0.475. The minimum Gasteiger partial charge on any atom is -0.495 e. The van der Waals surface area contributed by atoms with Gasteiger partial charge in [-0.05, 0) is 55.0 Å². The highest BCUT2D eigenvalue weighted by atomic mass is 32.2. The minimum atomic E-state index is -4.05. The van der Waals surface area contributed by atoms with Crippen LogP contribution < -0.4 is 9.46 Å². The van der Waals surface area contributed by atoms with Crippen LogP contribution in [0.25, 0.3) is 16.9 Å². The predicted molar refractivity (Wildman–Crippen MR) is 115 cm³/mol. The summed E-state index contributed by atoms with van der Waals surface area (Å²) in [7, 11) is -2.64. The lowest BCUT2D eigenvalue weighted by atomic mass is 10.1. The van der Waals surface area contributed by atoms with E-state index in [9.17, 15) is 17.2 Å². The number of benzene rings is 2. The van der Waals surface area contributed by atoms with Crippen molar-refractivity contribution >= 4 is 21.4 Å². The summed E-state index contributed by atoms with van der Waals surface area (Å²) in [5, 5.41) is 0. The Hall–Kier alpha value is -3.46. The SMILES string of the molecule is COc1ccc(-c2cn3cccc(C)c3n2)cc1NS(=O)(=O)Cc1cc(F)ccc1F. The van der Waals surface area contributed by atoms with Gasteiger partial charge < -0.3 is 9.14 Å². The zero-order valence-electron chi connectivity index (χ0n) is 16.8. The molecule has 0 atom stereocenters. The maximum absolute atomic E-state index is 13.9. The lowest BCUT2D eigenvalue weighted by Crippen LogP contribution is -2.16. The Morgan fingerprint density at radius 3 is 2.68 bits per heavy atom. The van der Waals surface area contributed by atoms with Crippen LogP contribution in [0.2, 0.25) is 0 Å². The molecule has 2 heterocycles. The highest BCUT2D eigenvalue weighted by molar-refractivity contribution is 7.91. The Balaban J connectivity index is 1.68. The van der Waals surface area contributed by atoms with Gasteiger partial charge in [-0.2, -0.15) is 0 Å². The third-order valence-electron chi connectivity index (χ3n) is 4.79. The fourth-order valence-electron chi connectivity index (χ4n) is 3.30. The zero-order valence-corrected chi connectivity index (χ0v) is 17.6. The van der Waals surface area contributed by atoms with Crippen LogP contribution >= 0.6 is 0 Å². The van der Waals surface area contributed by atoms with Crippen molar-refractivity contribution in [3.63, 3.8) is 0 Å². The molecular formula is C22H19F2N3O3S. The van der Waals surface area contributed by atoms with Crippen LogP contribution in [0.4, 0.5) is 14.5 Å². The van der Waals surface area contributed by atoms with Gasteiger partial charge >= 0.3 is 0 Å². The van der Waals surface area contributed by atoms with Crippen molar-refractivity contribution in [3.8, 4) is 17.0 Å². The van der Waals surface area contributed by atoms with E-state index in [-0.39, 0.29) is 17.0 Å². The summed E-state index contributed by atoms with van der Waals surface area (Å²) in [6.07, 6.45) is 3.71. The number of halogens is 2. The Labute approximate surface area is 178 Å². The van der Waals surface area contributed by atoms with Gasteiger partial charge in [-0.15, -0.1) is 0 Å². The van der Waals surface area contributed by atoms with Crippen molar-refractivity contribution < 1.29 is 21.9 Å². The number of fused-ring (bicyclic) bond motifs is 1. The van der Waals surface area contributed by atoms with E-state index < -0.39 is 27.4 Å². The highest BCUT2D eigenvalue weighted by Gasteiger charge is 2.19. The monoisotopic (exact) mass is 443 g/mol. The molecule has 0 fully saturated rings. The molecular weight excluding hydrogens is 424 g/mol. The van der Waals surface area contributed by atoms with Crippen LogP contribution in [0, 0.1) is 18.6 Å². The number of pyridine rings is 1. The van der Waals surface area contributed by atoms with Gasteiger partial charge in [-0.3, -0.25) is 4.72 Å². The summed E-state index contributed by atoms with van der Waals surface area (Å²) >= 11 is 0. The maximum atomic E-state index is 13.9. The highest BCUT2D eigenvalue weighted by Crippen LogP contribution is 2.32. The molecule has 0 aliphatic heterocycles. The molecule has 31 heavy (non-hydrogen) atoms. The first-order valence-electron chi connectivity index (χ1n) is 9.33. The molecule has 160 valence electrons. The van der Waals surface area contributed by atoms with E-state index in [1.165, 1.54) is 7.11 Å². The molecule has 2 aromatic heterocycles. The third-order valence-corrected chi connectivity index (χ3v) is 6.01. The second kappa shape index (κ2) is 7.99. The number of nitrogens with one attached hydrogen (secondary N) is 1. The number of aromatic nitrogens is 2. The van der Waals surface area contributed by atoms with E-state index >= 15 is 0 Å². The average molecular weight is 443 g/mol.